The first kappa shape index (κ1) is 31.1. The van der Waals surface area contributed by atoms with E-state index in [1.54, 1.807) is 37.6 Å². The summed E-state index contributed by atoms with van der Waals surface area (Å²) in [5.41, 5.74) is 5.40. The van der Waals surface area contributed by atoms with Crippen LogP contribution in [0, 0.1) is 12.8 Å². The van der Waals surface area contributed by atoms with Gasteiger partial charge in [-0.1, -0.05) is 45.6 Å². The lowest BCUT2D eigenvalue weighted by Crippen LogP contribution is -2.36. The minimum atomic E-state index is -0.0717. The molecule has 0 bridgehead atoms. The Morgan fingerprint density at radius 2 is 1.82 bits per heavy atom. The van der Waals surface area contributed by atoms with Crippen LogP contribution < -0.4 is 15.6 Å². The van der Waals surface area contributed by atoms with Crippen molar-refractivity contribution in [1.82, 2.24) is 15.0 Å². The number of nitrogens with one attached hydrogen (secondary N) is 1. The Morgan fingerprint density at radius 1 is 1.05 bits per heavy atom. The van der Waals surface area contributed by atoms with Crippen molar-refractivity contribution in [1.29, 1.82) is 0 Å². The molecule has 4 aromatic rings. The van der Waals surface area contributed by atoms with Crippen molar-refractivity contribution in [2.75, 3.05) is 36.5 Å². The summed E-state index contributed by atoms with van der Waals surface area (Å²) in [6, 6.07) is 9.08. The number of anilines is 3. The molecule has 4 heterocycles. The number of Topliss-reactive ketones (excluding diaryl/α,β-unsaturated/α-hetero) is 1. The largest absolute Gasteiger partial charge is 0.440 e. The lowest BCUT2D eigenvalue weighted by Gasteiger charge is -2.27. The molecule has 0 spiro atoms. The van der Waals surface area contributed by atoms with E-state index in [1.165, 1.54) is 25.7 Å². The summed E-state index contributed by atoms with van der Waals surface area (Å²) < 4.78 is 11.6. The Kier molecular flexibility index (Phi) is 10.2. The third-order valence-corrected chi connectivity index (χ3v) is 8.15. The number of ketones is 1. The normalized spacial score (nSPS) is 15.6. The zero-order valence-corrected chi connectivity index (χ0v) is 26.1. The monoisotopic (exact) mass is 595 g/mol. The molecule has 1 saturated heterocycles. The number of nitrogens with zero attached hydrogens (tertiary/aromatic N) is 4. The van der Waals surface area contributed by atoms with Crippen LogP contribution >= 0.6 is 0 Å². The topological polar surface area (TPSA) is 110 Å². The number of hydrogen-bond acceptors (Lipinski definition) is 9. The lowest BCUT2D eigenvalue weighted by molar-refractivity contribution is -0.113. The fourth-order valence-electron chi connectivity index (χ4n) is 5.75. The smallest absolute Gasteiger partial charge is 0.227 e. The molecule has 0 amide bonds. The number of allylic oxidation sites excluding steroid dienone is 1. The molecule has 1 aliphatic carbocycles. The molecule has 1 aliphatic heterocycles. The number of aryl methyl sites for hydroxylation is 1. The number of rotatable bonds is 8. The quantitative estimate of drug-likeness (QED) is 0.213. The maximum Gasteiger partial charge on any atom is 0.227 e. The summed E-state index contributed by atoms with van der Waals surface area (Å²) in [7, 11) is 0. The second-order valence-corrected chi connectivity index (χ2v) is 11.2. The Hall–Kier alpha value is -4.37. The number of carbonyl (C=O) groups excluding carboxylic acids is 1. The predicted molar refractivity (Wildman–Crippen MR) is 175 cm³/mol. The van der Waals surface area contributed by atoms with E-state index < -0.39 is 0 Å². The molecule has 0 radical (unpaired) electrons. The van der Waals surface area contributed by atoms with E-state index in [4.69, 9.17) is 9.15 Å². The zero-order valence-electron chi connectivity index (χ0n) is 26.1. The van der Waals surface area contributed by atoms with Crippen molar-refractivity contribution in [3.8, 4) is 11.1 Å². The SMILES string of the molecule is CC.CC(=O)/C(=C/c1cnc(Nc2cncc(-c3ccc4c(=O)cc(N5CCOCC5)oc4c3)c2)nc1C)CC1CCCC1. The summed E-state index contributed by atoms with van der Waals surface area (Å²) in [4.78, 5) is 40.7. The molecule has 1 aromatic carbocycles. The van der Waals surface area contributed by atoms with Gasteiger partial charge in [0.2, 0.25) is 5.95 Å². The van der Waals surface area contributed by atoms with Crippen molar-refractivity contribution < 1.29 is 13.9 Å². The van der Waals surface area contributed by atoms with Crippen LogP contribution in [-0.4, -0.2) is 47.0 Å². The average molecular weight is 596 g/mol. The van der Waals surface area contributed by atoms with Crippen LogP contribution in [0.3, 0.4) is 0 Å². The van der Waals surface area contributed by atoms with Gasteiger partial charge in [0.25, 0.3) is 0 Å². The molecule has 1 N–H and O–H groups in total. The van der Waals surface area contributed by atoms with Gasteiger partial charge in [-0.25, -0.2) is 9.97 Å². The van der Waals surface area contributed by atoms with E-state index in [2.05, 4.69) is 20.3 Å². The van der Waals surface area contributed by atoms with Crippen LogP contribution in [0.15, 0.2) is 63.7 Å². The lowest BCUT2D eigenvalue weighted by atomic mass is 9.94. The van der Waals surface area contributed by atoms with Gasteiger partial charge in [-0.05, 0) is 61.6 Å². The van der Waals surface area contributed by atoms with Gasteiger partial charge in [0, 0.05) is 42.7 Å². The van der Waals surface area contributed by atoms with Crippen LogP contribution in [0.4, 0.5) is 17.5 Å². The number of hydrogen-bond donors (Lipinski definition) is 1. The van der Waals surface area contributed by atoms with Gasteiger partial charge >= 0.3 is 0 Å². The number of carbonyl (C=O) groups is 1. The van der Waals surface area contributed by atoms with E-state index >= 15 is 0 Å². The van der Waals surface area contributed by atoms with E-state index in [9.17, 15) is 9.59 Å². The molecule has 6 rings (SSSR count). The maximum absolute atomic E-state index is 12.8. The highest BCUT2D eigenvalue weighted by Crippen LogP contribution is 2.32. The Bertz CT molecular complexity index is 1700. The van der Waals surface area contributed by atoms with Gasteiger partial charge in [-0.3, -0.25) is 14.6 Å². The molecule has 230 valence electrons. The molecule has 2 aliphatic rings. The highest BCUT2D eigenvalue weighted by molar-refractivity contribution is 5.97. The molecule has 1 saturated carbocycles. The van der Waals surface area contributed by atoms with Gasteiger partial charge in [0.15, 0.2) is 17.1 Å². The molecule has 2 fully saturated rings. The first-order valence-corrected chi connectivity index (χ1v) is 15.6. The van der Waals surface area contributed by atoms with Crippen LogP contribution in [0.5, 0.6) is 0 Å². The van der Waals surface area contributed by atoms with Gasteiger partial charge in [-0.2, -0.15) is 0 Å². The van der Waals surface area contributed by atoms with Gasteiger partial charge in [-0.15, -0.1) is 0 Å². The fourth-order valence-corrected chi connectivity index (χ4v) is 5.75. The Morgan fingerprint density at radius 3 is 2.55 bits per heavy atom. The summed E-state index contributed by atoms with van der Waals surface area (Å²) in [6.45, 7) is 10.1. The van der Waals surface area contributed by atoms with Crippen molar-refractivity contribution >= 4 is 40.3 Å². The van der Waals surface area contributed by atoms with Crippen molar-refractivity contribution in [2.24, 2.45) is 5.92 Å². The second-order valence-electron chi connectivity index (χ2n) is 11.2. The van der Waals surface area contributed by atoms with Crippen molar-refractivity contribution in [3.05, 3.63) is 76.0 Å². The summed E-state index contributed by atoms with van der Waals surface area (Å²) in [5.74, 6) is 1.70. The molecule has 0 unspecified atom stereocenters. The number of benzene rings is 1. The van der Waals surface area contributed by atoms with E-state index in [0.717, 1.165) is 40.1 Å². The van der Waals surface area contributed by atoms with Crippen LogP contribution in [0.2, 0.25) is 0 Å². The van der Waals surface area contributed by atoms with Crippen LogP contribution in [0.25, 0.3) is 28.2 Å². The number of morpholine rings is 1. The minimum absolute atomic E-state index is 0.0717. The van der Waals surface area contributed by atoms with Crippen molar-refractivity contribution in [3.63, 3.8) is 0 Å². The fraction of sp³-hybridized carbons (Fsp3) is 0.400. The summed E-state index contributed by atoms with van der Waals surface area (Å²) in [5, 5.41) is 3.79. The highest BCUT2D eigenvalue weighted by Gasteiger charge is 2.19. The summed E-state index contributed by atoms with van der Waals surface area (Å²) in [6.07, 6.45) is 12.9. The minimum Gasteiger partial charge on any atom is -0.440 e. The standard InChI is InChI=1S/C33H35N5O4.C2H6/c1-21-26(14-25(22(2)39)13-23-5-3-4-6-23)19-35-33(36-21)37-28-15-27(18-34-20-28)24-7-8-29-30(40)17-32(42-31(29)16-24)38-9-11-41-12-10-38;1-2/h7-8,14-20,23H,3-6,9-13H2,1-2H3,(H,35,36,37);1-2H3/b25-14+;. The number of pyridine rings is 1. The molecular formula is C35H41N5O4. The molecule has 3 aromatic heterocycles. The zero-order chi connectivity index (χ0) is 31.1. The van der Waals surface area contributed by atoms with Gasteiger partial charge in [0.1, 0.15) is 5.58 Å². The van der Waals surface area contributed by atoms with E-state index in [1.807, 2.05) is 49.9 Å². The van der Waals surface area contributed by atoms with Crippen LogP contribution in [0.1, 0.15) is 64.1 Å². The van der Waals surface area contributed by atoms with Crippen molar-refractivity contribution in [2.45, 2.75) is 59.8 Å². The molecule has 9 nitrogen and oxygen atoms in total. The number of aromatic nitrogens is 3. The second kappa shape index (κ2) is 14.4. The molecule has 0 atom stereocenters. The summed E-state index contributed by atoms with van der Waals surface area (Å²) >= 11 is 0. The highest BCUT2D eigenvalue weighted by atomic mass is 16.5. The molecular weight excluding hydrogens is 554 g/mol. The average Bonchev–Trinajstić information content (AvgIpc) is 3.56. The van der Waals surface area contributed by atoms with Gasteiger partial charge < -0.3 is 19.4 Å². The first-order valence-electron chi connectivity index (χ1n) is 15.6. The number of fused-ring (bicyclic) bond motifs is 1. The predicted octanol–water partition coefficient (Wildman–Crippen LogP) is 7.11. The van der Waals surface area contributed by atoms with Crippen LogP contribution in [-0.2, 0) is 9.53 Å². The van der Waals surface area contributed by atoms with E-state index in [-0.39, 0.29) is 11.2 Å². The molecule has 9 heteroatoms. The maximum atomic E-state index is 12.8. The van der Waals surface area contributed by atoms with E-state index in [0.29, 0.717) is 55.0 Å². The third kappa shape index (κ3) is 7.39. The first-order chi connectivity index (χ1) is 21.4. The number of ether oxygens (including phenoxy) is 1. The molecule has 44 heavy (non-hydrogen) atoms. The Balaban J connectivity index is 0.00000188. The Labute approximate surface area is 258 Å². The third-order valence-electron chi connectivity index (χ3n) is 8.15. The van der Waals surface area contributed by atoms with Gasteiger partial charge in [0.05, 0.1) is 36.2 Å².